The van der Waals surface area contributed by atoms with Crippen molar-refractivity contribution in [1.82, 2.24) is 5.32 Å². The minimum atomic E-state index is -3.41. The Bertz CT molecular complexity index is 596. The Hall–Kier alpha value is -1.11. The molecule has 0 atom stereocenters. The van der Waals surface area contributed by atoms with Crippen molar-refractivity contribution in [3.8, 4) is 0 Å². The summed E-state index contributed by atoms with van der Waals surface area (Å²) in [6, 6.07) is 6.58. The molecule has 0 bridgehead atoms. The molecule has 0 aliphatic heterocycles. The molecular weight excluding hydrogens is 312 g/mol. The van der Waals surface area contributed by atoms with Gasteiger partial charge in [0.2, 0.25) is 0 Å². The fraction of sp³-hybridized carbons (Fsp3) is 0.500. The van der Waals surface area contributed by atoms with Crippen molar-refractivity contribution in [2.45, 2.75) is 42.7 Å². The minimum absolute atomic E-state index is 0. The second-order valence-electron chi connectivity index (χ2n) is 5.35. The Labute approximate surface area is 131 Å². The van der Waals surface area contributed by atoms with Crippen molar-refractivity contribution in [3.05, 3.63) is 29.8 Å². The molecule has 1 aliphatic carbocycles. The van der Waals surface area contributed by atoms with Gasteiger partial charge < -0.3 is 11.1 Å². The number of carbonyl (C=O) groups excluding carboxylic acids is 1. The van der Waals surface area contributed by atoms with Crippen LogP contribution in [0.2, 0.25) is 0 Å². The Morgan fingerprint density at radius 2 is 1.76 bits per heavy atom. The van der Waals surface area contributed by atoms with E-state index in [-0.39, 0.29) is 40.9 Å². The van der Waals surface area contributed by atoms with Gasteiger partial charge in [-0.25, -0.2) is 8.42 Å². The summed E-state index contributed by atoms with van der Waals surface area (Å²) < 4.78 is 23.4. The van der Waals surface area contributed by atoms with Crippen LogP contribution >= 0.6 is 12.4 Å². The third kappa shape index (κ3) is 4.69. The highest BCUT2D eigenvalue weighted by atomic mass is 35.5. The summed E-state index contributed by atoms with van der Waals surface area (Å²) in [5, 5.41) is 2.91. The molecule has 1 saturated carbocycles. The first kappa shape index (κ1) is 17.9. The van der Waals surface area contributed by atoms with E-state index in [1.807, 2.05) is 0 Å². The van der Waals surface area contributed by atoms with Gasteiger partial charge in [-0.1, -0.05) is 12.1 Å². The first-order valence-electron chi connectivity index (χ1n) is 6.73. The van der Waals surface area contributed by atoms with E-state index in [4.69, 9.17) is 5.73 Å². The van der Waals surface area contributed by atoms with Crippen LogP contribution in [0.3, 0.4) is 0 Å². The molecule has 1 aromatic carbocycles. The lowest BCUT2D eigenvalue weighted by Gasteiger charge is -2.27. The monoisotopic (exact) mass is 332 g/mol. The number of carbonyl (C=O) groups is 1. The number of hydrogen-bond acceptors (Lipinski definition) is 4. The van der Waals surface area contributed by atoms with Crippen molar-refractivity contribution in [2.75, 3.05) is 6.26 Å². The van der Waals surface area contributed by atoms with Crippen molar-refractivity contribution in [2.24, 2.45) is 5.73 Å². The molecule has 0 unspecified atom stereocenters. The summed E-state index contributed by atoms with van der Waals surface area (Å²) in [6.07, 6.45) is 4.57. The third-order valence-corrected chi connectivity index (χ3v) is 4.79. The zero-order valence-corrected chi connectivity index (χ0v) is 13.5. The maximum Gasteiger partial charge on any atom is 0.252 e. The first-order chi connectivity index (χ1) is 9.38. The van der Waals surface area contributed by atoms with Gasteiger partial charge in [-0.05, 0) is 37.8 Å². The van der Waals surface area contributed by atoms with Crippen LogP contribution in [0.15, 0.2) is 29.2 Å². The lowest BCUT2D eigenvalue weighted by molar-refractivity contribution is 0.0922. The van der Waals surface area contributed by atoms with Gasteiger partial charge in [-0.2, -0.15) is 0 Å². The number of halogens is 1. The van der Waals surface area contributed by atoms with Gasteiger partial charge in [0.1, 0.15) is 0 Å². The normalized spacial score (nSPS) is 22.2. The van der Waals surface area contributed by atoms with E-state index < -0.39 is 9.84 Å². The van der Waals surface area contributed by atoms with Gasteiger partial charge >= 0.3 is 0 Å². The molecule has 5 nitrogen and oxygen atoms in total. The van der Waals surface area contributed by atoms with Crippen LogP contribution in [0.5, 0.6) is 0 Å². The Morgan fingerprint density at radius 3 is 2.33 bits per heavy atom. The van der Waals surface area contributed by atoms with Crippen LogP contribution in [0.4, 0.5) is 0 Å². The summed E-state index contributed by atoms with van der Waals surface area (Å²) in [4.78, 5) is 12.3. The topological polar surface area (TPSA) is 89.3 Å². The number of amides is 1. The predicted molar refractivity (Wildman–Crippen MR) is 84.5 cm³/mol. The van der Waals surface area contributed by atoms with Gasteiger partial charge in [-0.15, -0.1) is 12.4 Å². The molecule has 0 saturated heterocycles. The SMILES string of the molecule is CS(=O)(=O)c1ccccc1C(=O)NC1CCC(N)CC1.Cl. The highest BCUT2D eigenvalue weighted by Crippen LogP contribution is 2.19. The number of benzene rings is 1. The van der Waals surface area contributed by atoms with E-state index in [1.165, 1.54) is 6.07 Å². The lowest BCUT2D eigenvalue weighted by Crippen LogP contribution is -2.40. The van der Waals surface area contributed by atoms with Gasteiger partial charge in [0.15, 0.2) is 9.84 Å². The fourth-order valence-electron chi connectivity index (χ4n) is 2.50. The van der Waals surface area contributed by atoms with E-state index >= 15 is 0 Å². The maximum absolute atomic E-state index is 12.3. The number of rotatable bonds is 3. The molecule has 0 aromatic heterocycles. The second kappa shape index (κ2) is 7.24. The van der Waals surface area contributed by atoms with Crippen molar-refractivity contribution in [1.29, 1.82) is 0 Å². The highest BCUT2D eigenvalue weighted by molar-refractivity contribution is 7.90. The zero-order valence-electron chi connectivity index (χ0n) is 11.9. The molecule has 1 aromatic rings. The van der Waals surface area contributed by atoms with Crippen LogP contribution in [-0.4, -0.2) is 32.7 Å². The lowest BCUT2D eigenvalue weighted by atomic mass is 9.91. The van der Waals surface area contributed by atoms with Crippen molar-refractivity contribution in [3.63, 3.8) is 0 Å². The average Bonchev–Trinajstić information content (AvgIpc) is 2.40. The van der Waals surface area contributed by atoms with Gasteiger partial charge in [0.05, 0.1) is 10.5 Å². The molecule has 7 heteroatoms. The Morgan fingerprint density at radius 1 is 1.19 bits per heavy atom. The molecule has 0 spiro atoms. The van der Waals surface area contributed by atoms with Crippen molar-refractivity contribution >= 4 is 28.2 Å². The average molecular weight is 333 g/mol. The number of hydrogen-bond donors (Lipinski definition) is 2. The van der Waals surface area contributed by atoms with Crippen LogP contribution in [0.1, 0.15) is 36.0 Å². The van der Waals surface area contributed by atoms with Crippen molar-refractivity contribution < 1.29 is 13.2 Å². The summed E-state index contributed by atoms with van der Waals surface area (Å²) >= 11 is 0. The number of nitrogens with two attached hydrogens (primary N) is 1. The van der Waals surface area contributed by atoms with E-state index in [0.717, 1.165) is 31.9 Å². The van der Waals surface area contributed by atoms with E-state index in [9.17, 15) is 13.2 Å². The third-order valence-electron chi connectivity index (χ3n) is 3.64. The number of nitrogens with one attached hydrogen (secondary N) is 1. The molecule has 21 heavy (non-hydrogen) atoms. The Kier molecular flexibility index (Phi) is 6.19. The molecule has 1 amide bonds. The molecule has 1 fully saturated rings. The zero-order chi connectivity index (χ0) is 14.8. The molecule has 3 N–H and O–H groups in total. The molecular formula is C14H21ClN2O3S. The maximum atomic E-state index is 12.3. The predicted octanol–water partition coefficient (Wildman–Crippen LogP) is 1.51. The summed E-state index contributed by atoms with van der Waals surface area (Å²) in [7, 11) is -3.41. The van der Waals surface area contributed by atoms with E-state index in [2.05, 4.69) is 5.32 Å². The quantitative estimate of drug-likeness (QED) is 0.878. The molecule has 0 heterocycles. The van der Waals surface area contributed by atoms with Gasteiger partial charge in [0, 0.05) is 18.3 Å². The summed E-state index contributed by atoms with van der Waals surface area (Å²) in [5.74, 6) is -0.327. The minimum Gasteiger partial charge on any atom is -0.349 e. The highest BCUT2D eigenvalue weighted by Gasteiger charge is 2.23. The van der Waals surface area contributed by atoms with Crippen LogP contribution in [-0.2, 0) is 9.84 Å². The standard InChI is InChI=1S/C14H20N2O3S.ClH/c1-20(18,19)13-5-3-2-4-12(13)14(17)16-11-8-6-10(15)7-9-11;/h2-5,10-11H,6-9,15H2,1H3,(H,16,17);1H. The summed E-state index contributed by atoms with van der Waals surface area (Å²) in [5.41, 5.74) is 6.04. The molecule has 118 valence electrons. The van der Waals surface area contributed by atoms with E-state index in [1.54, 1.807) is 18.2 Å². The largest absolute Gasteiger partial charge is 0.349 e. The van der Waals surface area contributed by atoms with Crippen LogP contribution < -0.4 is 11.1 Å². The second-order valence-corrected chi connectivity index (χ2v) is 7.34. The van der Waals surface area contributed by atoms with E-state index in [0.29, 0.717) is 0 Å². The van der Waals surface area contributed by atoms with Gasteiger partial charge in [-0.3, -0.25) is 4.79 Å². The molecule has 2 rings (SSSR count). The smallest absolute Gasteiger partial charge is 0.252 e. The fourth-order valence-corrected chi connectivity index (χ4v) is 3.39. The molecule has 0 radical (unpaired) electrons. The number of sulfone groups is 1. The summed E-state index contributed by atoms with van der Waals surface area (Å²) in [6.45, 7) is 0. The Balaban J connectivity index is 0.00000220. The first-order valence-corrected chi connectivity index (χ1v) is 8.62. The van der Waals surface area contributed by atoms with Crippen LogP contribution in [0.25, 0.3) is 0 Å². The molecule has 1 aliphatic rings. The van der Waals surface area contributed by atoms with Crippen LogP contribution in [0, 0.1) is 0 Å². The van der Waals surface area contributed by atoms with Gasteiger partial charge in [0.25, 0.3) is 5.91 Å².